The van der Waals surface area contributed by atoms with Crippen LogP contribution in [0.3, 0.4) is 0 Å². The van der Waals surface area contributed by atoms with Gasteiger partial charge in [0.15, 0.2) is 0 Å². The van der Waals surface area contributed by atoms with Gasteiger partial charge in [-0.2, -0.15) is 0 Å². The first kappa shape index (κ1) is 17.2. The molecule has 0 radical (unpaired) electrons. The molecule has 0 fully saturated rings. The van der Waals surface area contributed by atoms with Crippen molar-refractivity contribution >= 4 is 0 Å². The van der Waals surface area contributed by atoms with Gasteiger partial charge in [-0.15, -0.1) is 0 Å². The van der Waals surface area contributed by atoms with Crippen LogP contribution in [0.2, 0.25) is 0 Å². The largest absolute Gasteiger partial charge is 0.308 e. The summed E-state index contributed by atoms with van der Waals surface area (Å²) in [6, 6.07) is 9.67. The summed E-state index contributed by atoms with van der Waals surface area (Å²) in [6.45, 7) is 14.8. The lowest BCUT2D eigenvalue weighted by Gasteiger charge is -2.23. The van der Waals surface area contributed by atoms with E-state index in [-0.39, 0.29) is 0 Å². The van der Waals surface area contributed by atoms with Gasteiger partial charge in [0.1, 0.15) is 0 Å². The summed E-state index contributed by atoms with van der Waals surface area (Å²) in [6.07, 6.45) is 2.52. The van der Waals surface area contributed by atoms with E-state index < -0.39 is 0 Å². The molecule has 0 aromatic heterocycles. The topological polar surface area (TPSA) is 15.3 Å². The summed E-state index contributed by atoms with van der Waals surface area (Å²) in [5.41, 5.74) is 2.80. The maximum Gasteiger partial charge on any atom is 0.0296 e. The number of nitrogens with one attached hydrogen (secondary N) is 1. The second kappa shape index (κ2) is 9.15. The molecule has 1 aromatic rings. The third-order valence-corrected chi connectivity index (χ3v) is 4.20. The normalized spacial score (nSPS) is 14.5. The minimum absolute atomic E-state index is 0.430. The molecule has 0 aliphatic carbocycles. The molecule has 20 heavy (non-hydrogen) atoms. The van der Waals surface area contributed by atoms with Crippen molar-refractivity contribution in [1.29, 1.82) is 0 Å². The van der Waals surface area contributed by atoms with Crippen LogP contribution in [-0.2, 0) is 0 Å². The molecule has 2 unspecified atom stereocenters. The molecule has 0 saturated carbocycles. The first-order chi connectivity index (χ1) is 9.58. The van der Waals surface area contributed by atoms with E-state index in [0.29, 0.717) is 12.1 Å². The quantitative estimate of drug-likeness (QED) is 0.728. The Hall–Kier alpha value is -0.860. The lowest BCUT2D eigenvalue weighted by molar-refractivity contribution is 0.288. The Labute approximate surface area is 125 Å². The van der Waals surface area contributed by atoms with Crippen LogP contribution in [0.5, 0.6) is 0 Å². The number of aryl methyl sites for hydroxylation is 1. The van der Waals surface area contributed by atoms with E-state index in [0.717, 1.165) is 13.1 Å². The van der Waals surface area contributed by atoms with Gasteiger partial charge in [0.05, 0.1) is 0 Å². The van der Waals surface area contributed by atoms with Crippen LogP contribution in [-0.4, -0.2) is 30.6 Å². The summed E-state index contributed by atoms with van der Waals surface area (Å²) < 4.78 is 0. The van der Waals surface area contributed by atoms with Crippen molar-refractivity contribution in [2.75, 3.05) is 19.6 Å². The van der Waals surface area contributed by atoms with Gasteiger partial charge in [-0.25, -0.2) is 0 Å². The van der Waals surface area contributed by atoms with Crippen molar-refractivity contribution in [3.63, 3.8) is 0 Å². The maximum atomic E-state index is 3.73. The average Bonchev–Trinajstić information content (AvgIpc) is 2.44. The average molecular weight is 276 g/mol. The molecule has 1 N–H and O–H groups in total. The zero-order valence-corrected chi connectivity index (χ0v) is 13.9. The number of hydrogen-bond donors (Lipinski definition) is 1. The van der Waals surface area contributed by atoms with E-state index in [9.17, 15) is 0 Å². The molecule has 0 amide bonds. The van der Waals surface area contributed by atoms with Crippen molar-refractivity contribution in [2.24, 2.45) is 0 Å². The highest BCUT2D eigenvalue weighted by molar-refractivity contribution is 5.28. The van der Waals surface area contributed by atoms with Crippen LogP contribution in [0, 0.1) is 6.92 Å². The Morgan fingerprint density at radius 1 is 1.10 bits per heavy atom. The number of benzene rings is 1. The van der Waals surface area contributed by atoms with E-state index in [4.69, 9.17) is 0 Å². The molecule has 0 saturated heterocycles. The lowest BCUT2D eigenvalue weighted by Crippen LogP contribution is -2.31. The summed E-state index contributed by atoms with van der Waals surface area (Å²) in [5, 5.41) is 3.73. The summed E-state index contributed by atoms with van der Waals surface area (Å²) in [4.78, 5) is 2.50. The standard InChI is InChI=1S/C18H32N2/c1-6-20(7-2)14-10-12-16(4)19-17(5)18-13-9-8-11-15(18)3/h8-9,11,13,16-17,19H,6-7,10,12,14H2,1-5H3. The fraction of sp³-hybridized carbons (Fsp3) is 0.667. The highest BCUT2D eigenvalue weighted by atomic mass is 15.1. The van der Waals surface area contributed by atoms with Gasteiger partial charge in [0.25, 0.3) is 0 Å². The highest BCUT2D eigenvalue weighted by Gasteiger charge is 2.11. The summed E-state index contributed by atoms with van der Waals surface area (Å²) >= 11 is 0. The Morgan fingerprint density at radius 2 is 1.75 bits per heavy atom. The SMILES string of the molecule is CCN(CC)CCCC(C)NC(C)c1ccccc1C. The fourth-order valence-corrected chi connectivity index (χ4v) is 2.83. The van der Waals surface area contributed by atoms with Crippen molar-refractivity contribution in [3.05, 3.63) is 35.4 Å². The van der Waals surface area contributed by atoms with E-state index in [1.54, 1.807) is 0 Å². The number of nitrogens with zero attached hydrogens (tertiary/aromatic N) is 1. The van der Waals surface area contributed by atoms with Gasteiger partial charge in [0.2, 0.25) is 0 Å². The smallest absolute Gasteiger partial charge is 0.0296 e. The Bertz CT molecular complexity index is 371. The van der Waals surface area contributed by atoms with E-state index in [1.807, 2.05) is 0 Å². The number of rotatable bonds is 9. The van der Waals surface area contributed by atoms with Crippen molar-refractivity contribution in [3.8, 4) is 0 Å². The molecule has 1 aromatic carbocycles. The minimum Gasteiger partial charge on any atom is -0.308 e. The van der Waals surface area contributed by atoms with Crippen molar-refractivity contribution in [2.45, 2.75) is 59.5 Å². The molecular formula is C18H32N2. The molecule has 0 spiro atoms. The van der Waals surface area contributed by atoms with Crippen LogP contribution < -0.4 is 5.32 Å². The third-order valence-electron chi connectivity index (χ3n) is 4.20. The van der Waals surface area contributed by atoms with Crippen LogP contribution in [0.1, 0.15) is 57.7 Å². The predicted molar refractivity (Wildman–Crippen MR) is 89.2 cm³/mol. The third kappa shape index (κ3) is 5.64. The second-order valence-electron chi connectivity index (χ2n) is 5.82. The molecular weight excluding hydrogens is 244 g/mol. The first-order valence-electron chi connectivity index (χ1n) is 8.12. The zero-order chi connectivity index (χ0) is 15.0. The Morgan fingerprint density at radius 3 is 2.35 bits per heavy atom. The van der Waals surface area contributed by atoms with Gasteiger partial charge in [0, 0.05) is 12.1 Å². The van der Waals surface area contributed by atoms with Crippen LogP contribution in [0.25, 0.3) is 0 Å². The molecule has 2 nitrogen and oxygen atoms in total. The van der Waals surface area contributed by atoms with E-state index >= 15 is 0 Å². The first-order valence-corrected chi connectivity index (χ1v) is 8.12. The van der Waals surface area contributed by atoms with Crippen LogP contribution in [0.4, 0.5) is 0 Å². The van der Waals surface area contributed by atoms with Crippen molar-refractivity contribution < 1.29 is 0 Å². The van der Waals surface area contributed by atoms with Crippen molar-refractivity contribution in [1.82, 2.24) is 10.2 Å². The molecule has 0 bridgehead atoms. The summed E-state index contributed by atoms with van der Waals surface area (Å²) in [5.74, 6) is 0. The maximum absolute atomic E-state index is 3.73. The fourth-order valence-electron chi connectivity index (χ4n) is 2.83. The Kier molecular flexibility index (Phi) is 7.86. The number of hydrogen-bond acceptors (Lipinski definition) is 2. The molecule has 0 aliphatic rings. The van der Waals surface area contributed by atoms with Gasteiger partial charge in [-0.3, -0.25) is 0 Å². The van der Waals surface area contributed by atoms with Gasteiger partial charge in [-0.1, -0.05) is 38.1 Å². The highest BCUT2D eigenvalue weighted by Crippen LogP contribution is 2.17. The molecule has 2 atom stereocenters. The molecule has 114 valence electrons. The molecule has 0 aliphatic heterocycles. The van der Waals surface area contributed by atoms with Gasteiger partial charge < -0.3 is 10.2 Å². The zero-order valence-electron chi connectivity index (χ0n) is 13.9. The van der Waals surface area contributed by atoms with E-state index in [2.05, 4.69) is 69.1 Å². The molecule has 0 heterocycles. The minimum atomic E-state index is 0.430. The van der Waals surface area contributed by atoms with E-state index in [1.165, 1.54) is 30.5 Å². The predicted octanol–water partition coefficient (Wildman–Crippen LogP) is 4.16. The monoisotopic (exact) mass is 276 g/mol. The summed E-state index contributed by atoms with van der Waals surface area (Å²) in [7, 11) is 0. The lowest BCUT2D eigenvalue weighted by atomic mass is 10.0. The second-order valence-corrected chi connectivity index (χ2v) is 5.82. The van der Waals surface area contributed by atoms with Gasteiger partial charge >= 0.3 is 0 Å². The Balaban J connectivity index is 2.35. The van der Waals surface area contributed by atoms with Crippen LogP contribution in [0.15, 0.2) is 24.3 Å². The van der Waals surface area contributed by atoms with Crippen LogP contribution >= 0.6 is 0 Å². The molecule has 2 heteroatoms. The molecule has 1 rings (SSSR count). The van der Waals surface area contributed by atoms with Gasteiger partial charge in [-0.05, 0) is 64.4 Å².